The Balaban J connectivity index is 1.73. The Labute approximate surface area is 177 Å². The lowest BCUT2D eigenvalue weighted by Crippen LogP contribution is -2.13. The topological polar surface area (TPSA) is 72.9 Å². The first kappa shape index (κ1) is 19.1. The molecule has 3 aromatic carbocycles. The Hall–Kier alpha value is -3.22. The first-order valence-corrected chi connectivity index (χ1v) is 10.0. The Bertz CT molecular complexity index is 1130. The molecule has 144 valence electrons. The zero-order chi connectivity index (χ0) is 20.2. The van der Waals surface area contributed by atoms with Gasteiger partial charge in [-0.2, -0.15) is 5.10 Å². The molecule has 0 spiro atoms. The van der Waals surface area contributed by atoms with Crippen LogP contribution < -0.4 is 11.1 Å². The number of rotatable bonds is 5. The number of hydrogen-bond donors (Lipinski definition) is 2. The number of amides is 1. The molecule has 1 amide bonds. The molecule has 1 aromatic heterocycles. The third kappa shape index (κ3) is 4.29. The number of carbonyl (C=O) groups is 1. The maximum Gasteiger partial charge on any atom is 0.255 e. The van der Waals surface area contributed by atoms with Gasteiger partial charge in [0.1, 0.15) is 10.7 Å². The number of halogens is 1. The van der Waals surface area contributed by atoms with E-state index in [0.717, 1.165) is 10.6 Å². The van der Waals surface area contributed by atoms with Crippen LogP contribution in [0.5, 0.6) is 0 Å². The highest BCUT2D eigenvalue weighted by atomic mass is 35.5. The number of nitrogens with one attached hydrogen (secondary N) is 1. The van der Waals surface area contributed by atoms with Gasteiger partial charge < -0.3 is 11.1 Å². The fraction of sp³-hybridized carbons (Fsp3) is 0. The number of anilines is 2. The summed E-state index contributed by atoms with van der Waals surface area (Å²) in [5.41, 5.74) is 8.22. The third-order valence-electron chi connectivity index (χ3n) is 4.19. The van der Waals surface area contributed by atoms with Crippen LogP contribution in [0.2, 0.25) is 5.02 Å². The van der Waals surface area contributed by atoms with Crippen molar-refractivity contribution in [2.75, 3.05) is 11.1 Å². The van der Waals surface area contributed by atoms with Gasteiger partial charge in [-0.05, 0) is 48.5 Å². The van der Waals surface area contributed by atoms with E-state index < -0.39 is 0 Å². The summed E-state index contributed by atoms with van der Waals surface area (Å²) in [5.74, 6) is 0.111. The van der Waals surface area contributed by atoms with Crippen molar-refractivity contribution >= 4 is 40.8 Å². The highest BCUT2D eigenvalue weighted by Crippen LogP contribution is 2.38. The molecule has 29 heavy (non-hydrogen) atoms. The van der Waals surface area contributed by atoms with Crippen LogP contribution >= 0.6 is 23.4 Å². The lowest BCUT2D eigenvalue weighted by atomic mass is 10.2. The summed E-state index contributed by atoms with van der Waals surface area (Å²) in [5, 5.41) is 8.82. The minimum Gasteiger partial charge on any atom is -0.382 e. The number of hydrogen-bond acceptors (Lipinski definition) is 4. The molecule has 0 saturated heterocycles. The van der Waals surface area contributed by atoms with E-state index in [4.69, 9.17) is 17.3 Å². The molecule has 0 atom stereocenters. The van der Waals surface area contributed by atoms with E-state index in [1.165, 1.54) is 11.8 Å². The monoisotopic (exact) mass is 420 g/mol. The Kier molecular flexibility index (Phi) is 5.55. The number of nitrogens with zero attached hydrogens (tertiary/aromatic N) is 2. The van der Waals surface area contributed by atoms with Gasteiger partial charge in [-0.15, -0.1) is 0 Å². The zero-order valence-electron chi connectivity index (χ0n) is 15.2. The van der Waals surface area contributed by atoms with Gasteiger partial charge in [-0.3, -0.25) is 4.79 Å². The Morgan fingerprint density at radius 3 is 2.21 bits per heavy atom. The first-order valence-electron chi connectivity index (χ1n) is 8.85. The molecular formula is C22H17ClN4OS. The van der Waals surface area contributed by atoms with Crippen LogP contribution in [0.4, 0.5) is 11.5 Å². The molecular weight excluding hydrogens is 404 g/mol. The number of aromatic nitrogens is 2. The number of nitrogen functional groups attached to an aromatic ring is 1. The molecule has 0 aliphatic heterocycles. The van der Waals surface area contributed by atoms with Gasteiger partial charge in [-0.1, -0.05) is 59.8 Å². The van der Waals surface area contributed by atoms with E-state index >= 15 is 0 Å². The fourth-order valence-electron chi connectivity index (χ4n) is 2.75. The summed E-state index contributed by atoms with van der Waals surface area (Å²) in [7, 11) is 0. The molecule has 0 fully saturated rings. The normalized spacial score (nSPS) is 10.7. The second-order valence-electron chi connectivity index (χ2n) is 6.19. The van der Waals surface area contributed by atoms with E-state index in [0.29, 0.717) is 27.1 Å². The van der Waals surface area contributed by atoms with Crippen LogP contribution in [0.25, 0.3) is 5.69 Å². The standard InChI is InChI=1S/C22H17ClN4OS/c23-16-11-13-18(14-12-16)29-22-19(25-21(28)15-7-3-1-4-8-15)20(24)27(26-22)17-9-5-2-6-10-17/h1-14H,24H2,(H,25,28). The highest BCUT2D eigenvalue weighted by Gasteiger charge is 2.20. The Morgan fingerprint density at radius 2 is 1.55 bits per heavy atom. The number of nitrogens with two attached hydrogens (primary N) is 1. The van der Waals surface area contributed by atoms with Crippen molar-refractivity contribution < 1.29 is 4.79 Å². The maximum atomic E-state index is 12.7. The SMILES string of the molecule is Nc1c(NC(=O)c2ccccc2)c(Sc2ccc(Cl)cc2)nn1-c1ccccc1. The van der Waals surface area contributed by atoms with E-state index in [9.17, 15) is 4.79 Å². The molecule has 4 rings (SSSR count). The van der Waals surface area contributed by atoms with Crippen molar-refractivity contribution in [3.63, 3.8) is 0 Å². The molecule has 7 heteroatoms. The van der Waals surface area contributed by atoms with Crippen LogP contribution in [0.15, 0.2) is 94.9 Å². The van der Waals surface area contributed by atoms with Gasteiger partial charge in [0.2, 0.25) is 0 Å². The maximum absolute atomic E-state index is 12.7. The molecule has 4 aromatic rings. The first-order chi connectivity index (χ1) is 14.1. The van der Waals surface area contributed by atoms with Crippen molar-refractivity contribution in [1.82, 2.24) is 9.78 Å². The molecule has 5 nitrogen and oxygen atoms in total. The van der Waals surface area contributed by atoms with Crippen molar-refractivity contribution in [1.29, 1.82) is 0 Å². The lowest BCUT2D eigenvalue weighted by molar-refractivity contribution is 0.102. The van der Waals surface area contributed by atoms with E-state index in [2.05, 4.69) is 10.4 Å². The predicted octanol–water partition coefficient (Wildman–Crippen LogP) is 5.51. The fourth-order valence-corrected chi connectivity index (χ4v) is 3.76. The van der Waals surface area contributed by atoms with E-state index in [-0.39, 0.29) is 5.91 Å². The average molecular weight is 421 g/mol. The third-order valence-corrected chi connectivity index (χ3v) is 5.43. The molecule has 1 heterocycles. The van der Waals surface area contributed by atoms with Gasteiger partial charge in [0.05, 0.1) is 5.69 Å². The van der Waals surface area contributed by atoms with Gasteiger partial charge in [0, 0.05) is 15.5 Å². The van der Waals surface area contributed by atoms with Crippen LogP contribution in [0.3, 0.4) is 0 Å². The molecule has 0 unspecified atom stereocenters. The van der Waals surface area contributed by atoms with E-state index in [1.807, 2.05) is 72.8 Å². The van der Waals surface area contributed by atoms with Crippen molar-refractivity contribution in [3.8, 4) is 5.69 Å². The van der Waals surface area contributed by atoms with Crippen molar-refractivity contribution in [2.24, 2.45) is 0 Å². The summed E-state index contributed by atoms with van der Waals surface area (Å²) in [6, 6.07) is 25.9. The van der Waals surface area contributed by atoms with Gasteiger partial charge in [0.25, 0.3) is 5.91 Å². The summed E-state index contributed by atoms with van der Waals surface area (Å²) in [6.07, 6.45) is 0. The summed E-state index contributed by atoms with van der Waals surface area (Å²) in [4.78, 5) is 13.7. The molecule has 0 radical (unpaired) electrons. The van der Waals surface area contributed by atoms with Gasteiger partial charge in [-0.25, -0.2) is 4.68 Å². The van der Waals surface area contributed by atoms with Crippen molar-refractivity contribution in [2.45, 2.75) is 9.92 Å². The zero-order valence-corrected chi connectivity index (χ0v) is 16.8. The van der Waals surface area contributed by atoms with Crippen molar-refractivity contribution in [3.05, 3.63) is 95.5 Å². The summed E-state index contributed by atoms with van der Waals surface area (Å²) < 4.78 is 1.62. The number of carbonyl (C=O) groups excluding carboxylic acids is 1. The summed E-state index contributed by atoms with van der Waals surface area (Å²) in [6.45, 7) is 0. The molecule has 3 N–H and O–H groups in total. The minimum absolute atomic E-state index is 0.247. The smallest absolute Gasteiger partial charge is 0.255 e. The molecule has 0 aliphatic carbocycles. The number of benzene rings is 3. The number of para-hydroxylation sites is 1. The lowest BCUT2D eigenvalue weighted by Gasteiger charge is -2.07. The average Bonchev–Trinajstić information content (AvgIpc) is 3.06. The molecule has 0 saturated carbocycles. The quantitative estimate of drug-likeness (QED) is 0.446. The van der Waals surface area contributed by atoms with Crippen LogP contribution in [-0.4, -0.2) is 15.7 Å². The second-order valence-corrected chi connectivity index (χ2v) is 7.69. The Morgan fingerprint density at radius 1 is 0.931 bits per heavy atom. The van der Waals surface area contributed by atoms with E-state index in [1.54, 1.807) is 16.8 Å². The predicted molar refractivity (Wildman–Crippen MR) is 118 cm³/mol. The molecule has 0 aliphatic rings. The largest absolute Gasteiger partial charge is 0.382 e. The van der Waals surface area contributed by atoms with Crippen LogP contribution in [0.1, 0.15) is 10.4 Å². The van der Waals surface area contributed by atoms with Crippen LogP contribution in [0, 0.1) is 0 Å². The van der Waals surface area contributed by atoms with Crippen LogP contribution in [-0.2, 0) is 0 Å². The highest BCUT2D eigenvalue weighted by molar-refractivity contribution is 7.99. The minimum atomic E-state index is -0.247. The second kappa shape index (κ2) is 8.43. The molecule has 0 bridgehead atoms. The van der Waals surface area contributed by atoms with Gasteiger partial charge >= 0.3 is 0 Å². The van der Waals surface area contributed by atoms with Gasteiger partial charge in [0.15, 0.2) is 5.82 Å². The summed E-state index contributed by atoms with van der Waals surface area (Å²) >= 11 is 7.39.